The van der Waals surface area contributed by atoms with E-state index in [2.05, 4.69) is 17.6 Å². The van der Waals surface area contributed by atoms with Crippen LogP contribution in [-0.2, 0) is 9.47 Å². The van der Waals surface area contributed by atoms with Gasteiger partial charge in [0.1, 0.15) is 0 Å². The first-order chi connectivity index (χ1) is 12.8. The third kappa shape index (κ3) is 21.8. The lowest BCUT2D eigenvalue weighted by molar-refractivity contribution is 0.0493. The number of likely N-dealkylation sites (N-methyl/N-ethyl adjacent to an activating group) is 1. The molecular weight excluding hydrogens is 328 g/mol. The van der Waals surface area contributed by atoms with Crippen molar-refractivity contribution in [3.05, 3.63) is 0 Å². The van der Waals surface area contributed by atoms with Gasteiger partial charge in [0.2, 0.25) is 0 Å². The summed E-state index contributed by atoms with van der Waals surface area (Å²) in [4.78, 5) is 0. The first-order valence-electron chi connectivity index (χ1n) is 11.0. The second-order valence-corrected chi connectivity index (χ2v) is 7.16. The molecule has 0 radical (unpaired) electrons. The minimum Gasteiger partial charge on any atom is -0.392 e. The number of rotatable bonds is 22. The number of hydrogen-bond donors (Lipinski definition) is 3. The van der Waals surface area contributed by atoms with Crippen LogP contribution in [0.4, 0.5) is 0 Å². The molecule has 0 saturated carbocycles. The maximum atomic E-state index is 9.97. The van der Waals surface area contributed by atoms with E-state index in [1.165, 1.54) is 57.8 Å². The molecule has 0 rings (SSSR count). The maximum absolute atomic E-state index is 9.97. The molecule has 0 bridgehead atoms. The molecule has 0 aromatic rings. The van der Waals surface area contributed by atoms with Crippen molar-refractivity contribution in [2.75, 3.05) is 53.1 Å². The zero-order valence-corrected chi connectivity index (χ0v) is 17.6. The molecule has 5 nitrogen and oxygen atoms in total. The Balaban J connectivity index is 3.12. The van der Waals surface area contributed by atoms with Gasteiger partial charge in [-0.3, -0.25) is 0 Å². The summed E-state index contributed by atoms with van der Waals surface area (Å²) < 4.78 is 10.8. The molecule has 0 aromatic carbocycles. The largest absolute Gasteiger partial charge is 0.392 e. The lowest BCUT2D eigenvalue weighted by Gasteiger charge is -2.12. The lowest BCUT2D eigenvalue weighted by atomic mass is 10.0. The zero-order valence-electron chi connectivity index (χ0n) is 17.6. The summed E-state index contributed by atoms with van der Waals surface area (Å²) in [5.74, 6) is 0. The Hall–Kier alpha value is -0.200. The first kappa shape index (κ1) is 25.8. The fraction of sp³-hybridized carbons (Fsp3) is 1.00. The number of hydrogen-bond acceptors (Lipinski definition) is 5. The molecule has 0 spiro atoms. The average Bonchev–Trinajstić information content (AvgIpc) is 2.64. The van der Waals surface area contributed by atoms with Gasteiger partial charge in [0.15, 0.2) is 0 Å². The molecule has 5 heteroatoms. The smallest absolute Gasteiger partial charge is 0.0701 e. The summed E-state index contributed by atoms with van der Waals surface area (Å²) >= 11 is 0. The van der Waals surface area contributed by atoms with Crippen molar-refractivity contribution < 1.29 is 14.6 Å². The molecule has 158 valence electrons. The predicted octanol–water partition coefficient (Wildman–Crippen LogP) is 3.50. The first-order valence-corrected chi connectivity index (χ1v) is 11.0. The monoisotopic (exact) mass is 374 g/mol. The molecule has 0 fully saturated rings. The van der Waals surface area contributed by atoms with E-state index >= 15 is 0 Å². The number of aliphatic hydroxyl groups is 1. The third-order valence-electron chi connectivity index (χ3n) is 4.56. The molecule has 0 heterocycles. The van der Waals surface area contributed by atoms with Crippen molar-refractivity contribution in [2.45, 2.75) is 83.7 Å². The van der Waals surface area contributed by atoms with Gasteiger partial charge in [-0.25, -0.2) is 0 Å². The number of nitrogens with one attached hydrogen (secondary N) is 2. The van der Waals surface area contributed by atoms with Crippen molar-refractivity contribution >= 4 is 0 Å². The second-order valence-electron chi connectivity index (χ2n) is 7.16. The summed E-state index contributed by atoms with van der Waals surface area (Å²) in [6.07, 6.45) is 14.1. The van der Waals surface area contributed by atoms with Crippen LogP contribution in [0.1, 0.15) is 77.6 Å². The molecule has 0 amide bonds. The Bertz CT molecular complexity index is 231. The van der Waals surface area contributed by atoms with Crippen LogP contribution < -0.4 is 10.6 Å². The van der Waals surface area contributed by atoms with E-state index in [4.69, 9.17) is 9.47 Å². The van der Waals surface area contributed by atoms with Gasteiger partial charge in [-0.15, -0.1) is 0 Å². The van der Waals surface area contributed by atoms with E-state index in [-0.39, 0.29) is 6.10 Å². The summed E-state index contributed by atoms with van der Waals surface area (Å²) in [5, 5.41) is 16.3. The van der Waals surface area contributed by atoms with E-state index in [9.17, 15) is 5.11 Å². The minimum atomic E-state index is -0.228. The van der Waals surface area contributed by atoms with E-state index in [0.717, 1.165) is 32.5 Å². The van der Waals surface area contributed by atoms with Crippen LogP contribution in [0.15, 0.2) is 0 Å². The van der Waals surface area contributed by atoms with Crippen molar-refractivity contribution in [3.63, 3.8) is 0 Å². The molecular formula is C21H46N2O3. The van der Waals surface area contributed by atoms with Gasteiger partial charge in [-0.2, -0.15) is 0 Å². The van der Waals surface area contributed by atoms with Crippen molar-refractivity contribution in [3.8, 4) is 0 Å². The molecule has 26 heavy (non-hydrogen) atoms. The Labute approximate surface area is 162 Å². The van der Waals surface area contributed by atoms with Gasteiger partial charge in [-0.1, -0.05) is 71.1 Å². The van der Waals surface area contributed by atoms with Gasteiger partial charge >= 0.3 is 0 Å². The fourth-order valence-corrected chi connectivity index (χ4v) is 2.88. The van der Waals surface area contributed by atoms with Gasteiger partial charge < -0.3 is 25.2 Å². The normalized spacial score (nSPS) is 12.6. The van der Waals surface area contributed by atoms with E-state index in [1.807, 2.05) is 7.05 Å². The van der Waals surface area contributed by atoms with Gasteiger partial charge in [0.05, 0.1) is 32.5 Å². The molecule has 0 aromatic heterocycles. The number of unbranched alkanes of at least 4 members (excludes halogenated alkanes) is 9. The van der Waals surface area contributed by atoms with Crippen LogP contribution in [0.25, 0.3) is 0 Å². The molecule has 3 N–H and O–H groups in total. The second kappa shape index (κ2) is 22.8. The van der Waals surface area contributed by atoms with Crippen LogP contribution in [0.5, 0.6) is 0 Å². The molecule has 0 saturated heterocycles. The lowest BCUT2D eigenvalue weighted by Crippen LogP contribution is -2.29. The predicted molar refractivity (Wildman–Crippen MR) is 111 cm³/mol. The molecule has 0 aliphatic rings. The molecule has 0 aliphatic heterocycles. The van der Waals surface area contributed by atoms with Crippen LogP contribution in [-0.4, -0.2) is 64.3 Å². The zero-order chi connectivity index (χ0) is 19.1. The SMILES string of the molecule is CCCCCCCCCCCCC(O)CNCCOCCOCCNC. The number of ether oxygens (including phenoxy) is 2. The molecule has 1 unspecified atom stereocenters. The fourth-order valence-electron chi connectivity index (χ4n) is 2.88. The minimum absolute atomic E-state index is 0.228. The Kier molecular flexibility index (Phi) is 22.7. The van der Waals surface area contributed by atoms with Gasteiger partial charge in [0, 0.05) is 19.6 Å². The summed E-state index contributed by atoms with van der Waals surface area (Å²) in [6, 6.07) is 0. The Morgan fingerprint density at radius 2 is 1.27 bits per heavy atom. The number of aliphatic hydroxyl groups excluding tert-OH is 1. The van der Waals surface area contributed by atoms with Crippen LogP contribution >= 0.6 is 0 Å². The molecule has 1 atom stereocenters. The summed E-state index contributed by atoms with van der Waals surface area (Å²) in [7, 11) is 1.91. The third-order valence-corrected chi connectivity index (χ3v) is 4.56. The maximum Gasteiger partial charge on any atom is 0.0701 e. The van der Waals surface area contributed by atoms with Crippen molar-refractivity contribution in [1.82, 2.24) is 10.6 Å². The van der Waals surface area contributed by atoms with E-state index in [1.54, 1.807) is 0 Å². The molecule has 0 aliphatic carbocycles. The highest BCUT2D eigenvalue weighted by Crippen LogP contribution is 2.11. The van der Waals surface area contributed by atoms with Gasteiger partial charge in [-0.05, 0) is 13.5 Å². The quantitative estimate of drug-likeness (QED) is 0.253. The summed E-state index contributed by atoms with van der Waals surface area (Å²) in [6.45, 7) is 7.25. The topological polar surface area (TPSA) is 62.8 Å². The van der Waals surface area contributed by atoms with Crippen LogP contribution in [0.2, 0.25) is 0 Å². The van der Waals surface area contributed by atoms with E-state index < -0.39 is 0 Å². The highest BCUT2D eigenvalue weighted by atomic mass is 16.5. The Morgan fingerprint density at radius 1 is 0.731 bits per heavy atom. The van der Waals surface area contributed by atoms with E-state index in [0.29, 0.717) is 26.4 Å². The highest BCUT2D eigenvalue weighted by molar-refractivity contribution is 4.60. The Morgan fingerprint density at radius 3 is 1.85 bits per heavy atom. The van der Waals surface area contributed by atoms with Gasteiger partial charge in [0.25, 0.3) is 0 Å². The van der Waals surface area contributed by atoms with Crippen LogP contribution in [0, 0.1) is 0 Å². The standard InChI is InChI=1S/C21H46N2O3/c1-3-4-5-6-7-8-9-10-11-12-13-21(24)20-23-15-17-26-19-18-25-16-14-22-2/h21-24H,3-20H2,1-2H3. The summed E-state index contributed by atoms with van der Waals surface area (Å²) in [5.41, 5.74) is 0. The average molecular weight is 375 g/mol. The van der Waals surface area contributed by atoms with Crippen molar-refractivity contribution in [2.24, 2.45) is 0 Å². The highest BCUT2D eigenvalue weighted by Gasteiger charge is 2.03. The van der Waals surface area contributed by atoms with Crippen molar-refractivity contribution in [1.29, 1.82) is 0 Å². The van der Waals surface area contributed by atoms with Crippen LogP contribution in [0.3, 0.4) is 0 Å².